The molecule has 7 nitrogen and oxygen atoms in total. The van der Waals surface area contributed by atoms with Crippen LogP contribution in [0.4, 0.5) is 0 Å². The lowest BCUT2D eigenvalue weighted by Crippen LogP contribution is -2.20. The molecule has 2 heterocycles. The van der Waals surface area contributed by atoms with Crippen LogP contribution in [0.3, 0.4) is 0 Å². The summed E-state index contributed by atoms with van der Waals surface area (Å²) in [5.41, 5.74) is 6.05. The van der Waals surface area contributed by atoms with Gasteiger partial charge in [-0.05, 0) is 44.3 Å². The number of methoxy groups -OCH3 is 1. The quantitative estimate of drug-likeness (QED) is 0.318. The van der Waals surface area contributed by atoms with Gasteiger partial charge in [-0.25, -0.2) is 0 Å². The molecule has 37 heavy (non-hydrogen) atoms. The Kier molecular flexibility index (Phi) is 6.79. The Hall–Kier alpha value is -4.36. The van der Waals surface area contributed by atoms with Crippen LogP contribution in [0.1, 0.15) is 5.69 Å². The molecule has 0 aliphatic heterocycles. The molecule has 5 rings (SSSR count). The number of nitrogens with zero attached hydrogens (tertiary/aromatic N) is 3. The van der Waals surface area contributed by atoms with Gasteiger partial charge in [0.1, 0.15) is 17.9 Å². The van der Waals surface area contributed by atoms with Gasteiger partial charge in [0, 0.05) is 17.8 Å². The SMILES string of the molecule is COc1ccc(-c2c(C)[nH]c3c(-c4ccccc4)c(-c4ccccc4)nn3c2=O)cc1OCCN(C)C. The highest BCUT2D eigenvalue weighted by Gasteiger charge is 2.22. The van der Waals surface area contributed by atoms with Gasteiger partial charge in [0.2, 0.25) is 0 Å². The summed E-state index contributed by atoms with van der Waals surface area (Å²) in [6, 6.07) is 25.5. The minimum atomic E-state index is -0.199. The van der Waals surface area contributed by atoms with E-state index >= 15 is 0 Å². The maximum Gasteiger partial charge on any atom is 0.282 e. The smallest absolute Gasteiger partial charge is 0.282 e. The van der Waals surface area contributed by atoms with Crippen LogP contribution in [0.2, 0.25) is 0 Å². The molecule has 7 heteroatoms. The van der Waals surface area contributed by atoms with Crippen molar-refractivity contribution in [3.63, 3.8) is 0 Å². The molecule has 5 aromatic rings. The van der Waals surface area contributed by atoms with Gasteiger partial charge in [-0.15, -0.1) is 0 Å². The van der Waals surface area contributed by atoms with E-state index in [2.05, 4.69) is 4.98 Å². The molecule has 0 atom stereocenters. The van der Waals surface area contributed by atoms with E-state index in [1.807, 2.05) is 105 Å². The van der Waals surface area contributed by atoms with E-state index in [-0.39, 0.29) is 5.56 Å². The molecule has 0 saturated heterocycles. The predicted octanol–water partition coefficient (Wildman–Crippen LogP) is 5.28. The summed E-state index contributed by atoms with van der Waals surface area (Å²) in [5.74, 6) is 1.21. The summed E-state index contributed by atoms with van der Waals surface area (Å²) in [4.78, 5) is 19.5. The minimum Gasteiger partial charge on any atom is -0.493 e. The zero-order chi connectivity index (χ0) is 25.9. The van der Waals surface area contributed by atoms with Gasteiger partial charge in [-0.1, -0.05) is 66.7 Å². The number of nitrogens with one attached hydrogen (secondary N) is 1. The highest BCUT2D eigenvalue weighted by molar-refractivity contribution is 5.91. The van der Waals surface area contributed by atoms with E-state index in [1.165, 1.54) is 4.52 Å². The van der Waals surface area contributed by atoms with Gasteiger partial charge < -0.3 is 19.4 Å². The fourth-order valence-electron chi connectivity index (χ4n) is 4.49. The fourth-order valence-corrected chi connectivity index (χ4v) is 4.49. The first kappa shape index (κ1) is 24.3. The number of benzene rings is 3. The molecule has 3 aromatic carbocycles. The topological polar surface area (TPSA) is 71.9 Å². The molecule has 0 fully saturated rings. The van der Waals surface area contributed by atoms with Crippen LogP contribution in [0.15, 0.2) is 83.7 Å². The number of hydrogen-bond acceptors (Lipinski definition) is 5. The summed E-state index contributed by atoms with van der Waals surface area (Å²) in [6.45, 7) is 3.18. The van der Waals surface area contributed by atoms with Crippen molar-refractivity contribution >= 4 is 5.65 Å². The Balaban J connectivity index is 1.69. The number of rotatable bonds is 8. The molecule has 188 valence electrons. The Labute approximate surface area is 215 Å². The van der Waals surface area contributed by atoms with E-state index in [9.17, 15) is 4.79 Å². The molecule has 0 radical (unpaired) electrons. The van der Waals surface area contributed by atoms with Crippen molar-refractivity contribution in [1.29, 1.82) is 0 Å². The number of ether oxygens (including phenoxy) is 2. The average Bonchev–Trinajstić information content (AvgIpc) is 3.29. The van der Waals surface area contributed by atoms with Crippen LogP contribution < -0.4 is 15.0 Å². The average molecular weight is 495 g/mol. The number of likely N-dealkylation sites (N-methyl/N-ethyl adjacent to an activating group) is 1. The van der Waals surface area contributed by atoms with E-state index in [0.29, 0.717) is 29.3 Å². The maximum absolute atomic E-state index is 13.9. The van der Waals surface area contributed by atoms with Gasteiger partial charge in [0.05, 0.1) is 18.2 Å². The molecule has 0 bridgehead atoms. The predicted molar refractivity (Wildman–Crippen MR) is 147 cm³/mol. The first-order valence-electron chi connectivity index (χ1n) is 12.2. The van der Waals surface area contributed by atoms with E-state index in [0.717, 1.165) is 40.2 Å². The lowest BCUT2D eigenvalue weighted by molar-refractivity contribution is 0.251. The molecule has 0 amide bonds. The largest absolute Gasteiger partial charge is 0.493 e. The Bertz CT molecular complexity index is 1590. The highest BCUT2D eigenvalue weighted by atomic mass is 16.5. The highest BCUT2D eigenvalue weighted by Crippen LogP contribution is 2.36. The van der Waals surface area contributed by atoms with Crippen molar-refractivity contribution < 1.29 is 9.47 Å². The summed E-state index contributed by atoms with van der Waals surface area (Å²) in [5, 5.41) is 4.82. The molecule has 1 N–H and O–H groups in total. The van der Waals surface area contributed by atoms with Crippen molar-refractivity contribution in [3.8, 4) is 45.0 Å². The zero-order valence-electron chi connectivity index (χ0n) is 21.5. The fraction of sp³-hybridized carbons (Fsp3) is 0.200. The van der Waals surface area contributed by atoms with Crippen molar-refractivity contribution in [2.24, 2.45) is 0 Å². The molecule has 2 aromatic heterocycles. The van der Waals surface area contributed by atoms with Crippen molar-refractivity contribution in [2.75, 3.05) is 34.4 Å². The summed E-state index contributed by atoms with van der Waals surface area (Å²) >= 11 is 0. The first-order chi connectivity index (χ1) is 18.0. The third-order valence-corrected chi connectivity index (χ3v) is 6.33. The second kappa shape index (κ2) is 10.3. The lowest BCUT2D eigenvalue weighted by atomic mass is 10.0. The van der Waals surface area contributed by atoms with Crippen LogP contribution in [0.25, 0.3) is 39.2 Å². The molecule has 0 aliphatic carbocycles. The van der Waals surface area contributed by atoms with Gasteiger partial charge in [-0.2, -0.15) is 9.61 Å². The van der Waals surface area contributed by atoms with Crippen LogP contribution in [0, 0.1) is 6.92 Å². The standard InChI is InChI=1S/C30H30N4O3/c1-20-26(23-15-16-24(36-4)25(19-23)37-18-17-33(2)3)30(35)34-29(31-20)27(21-11-7-5-8-12-21)28(32-34)22-13-9-6-10-14-22/h5-16,19,31H,17-18H2,1-4H3. The van der Waals surface area contributed by atoms with Crippen LogP contribution in [-0.4, -0.2) is 53.9 Å². The summed E-state index contributed by atoms with van der Waals surface area (Å²) in [6.07, 6.45) is 0. The molecule has 0 saturated carbocycles. The normalized spacial score (nSPS) is 11.3. The molecular formula is C30H30N4O3. The number of aromatic amines is 1. The van der Waals surface area contributed by atoms with Gasteiger partial charge >= 0.3 is 0 Å². The monoisotopic (exact) mass is 494 g/mol. The minimum absolute atomic E-state index is 0.199. The van der Waals surface area contributed by atoms with Crippen molar-refractivity contribution in [3.05, 3.63) is 94.9 Å². The summed E-state index contributed by atoms with van der Waals surface area (Å²) in [7, 11) is 5.59. The lowest BCUT2D eigenvalue weighted by Gasteiger charge is -2.15. The second-order valence-electron chi connectivity index (χ2n) is 9.16. The number of H-pyrrole nitrogens is 1. The third-order valence-electron chi connectivity index (χ3n) is 6.33. The first-order valence-corrected chi connectivity index (χ1v) is 12.2. The molecule has 0 unspecified atom stereocenters. The maximum atomic E-state index is 13.9. The molecule has 0 spiro atoms. The van der Waals surface area contributed by atoms with Crippen LogP contribution in [-0.2, 0) is 0 Å². The van der Waals surface area contributed by atoms with Crippen LogP contribution >= 0.6 is 0 Å². The Morgan fingerprint density at radius 2 is 1.54 bits per heavy atom. The van der Waals surface area contributed by atoms with E-state index in [1.54, 1.807) is 7.11 Å². The number of aryl methyl sites for hydroxylation is 1. The summed E-state index contributed by atoms with van der Waals surface area (Å²) < 4.78 is 13.0. The number of aromatic nitrogens is 3. The molecular weight excluding hydrogens is 464 g/mol. The van der Waals surface area contributed by atoms with Gasteiger partial charge in [-0.3, -0.25) is 4.79 Å². The molecule has 0 aliphatic rings. The van der Waals surface area contributed by atoms with Gasteiger partial charge in [0.25, 0.3) is 5.56 Å². The van der Waals surface area contributed by atoms with Crippen molar-refractivity contribution in [1.82, 2.24) is 19.5 Å². The van der Waals surface area contributed by atoms with Crippen LogP contribution in [0.5, 0.6) is 11.5 Å². The van der Waals surface area contributed by atoms with E-state index in [4.69, 9.17) is 14.6 Å². The van der Waals surface area contributed by atoms with E-state index < -0.39 is 0 Å². The Morgan fingerprint density at radius 1 is 0.865 bits per heavy atom. The third kappa shape index (κ3) is 4.73. The number of hydrogen-bond donors (Lipinski definition) is 1. The van der Waals surface area contributed by atoms with Gasteiger partial charge in [0.15, 0.2) is 11.5 Å². The second-order valence-corrected chi connectivity index (χ2v) is 9.16. The van der Waals surface area contributed by atoms with Crippen molar-refractivity contribution in [2.45, 2.75) is 6.92 Å². The Morgan fingerprint density at radius 3 is 2.19 bits per heavy atom. The zero-order valence-corrected chi connectivity index (χ0v) is 21.5. The number of fused-ring (bicyclic) bond motifs is 1.